The molecule has 0 spiro atoms. The van der Waals surface area contributed by atoms with Crippen LogP contribution in [-0.4, -0.2) is 35.7 Å². The van der Waals surface area contributed by atoms with Crippen molar-refractivity contribution in [1.29, 1.82) is 0 Å². The Bertz CT molecular complexity index is 651. The van der Waals surface area contributed by atoms with E-state index in [1.165, 1.54) is 0 Å². The van der Waals surface area contributed by atoms with Gasteiger partial charge in [0.05, 0.1) is 24.8 Å². The van der Waals surface area contributed by atoms with Gasteiger partial charge >= 0.3 is 0 Å². The van der Waals surface area contributed by atoms with Crippen LogP contribution in [0.1, 0.15) is 23.1 Å². The normalized spacial score (nSPS) is 21.4. The van der Waals surface area contributed by atoms with Crippen LogP contribution < -0.4 is 0 Å². The molecule has 0 radical (unpaired) electrons. The first kappa shape index (κ1) is 14.8. The van der Waals surface area contributed by atoms with Gasteiger partial charge in [-0.05, 0) is 23.6 Å². The van der Waals surface area contributed by atoms with Gasteiger partial charge in [0.1, 0.15) is 5.76 Å². The number of rotatable bonds is 4. The van der Waals surface area contributed by atoms with Crippen LogP contribution in [0.2, 0.25) is 0 Å². The number of nitrogens with zero attached hydrogens (tertiary/aromatic N) is 2. The molecule has 3 rings (SSSR count). The van der Waals surface area contributed by atoms with Crippen molar-refractivity contribution in [1.82, 2.24) is 9.80 Å². The molecule has 1 saturated heterocycles. The Morgan fingerprint density at radius 2 is 2.27 bits per heavy atom. The molecule has 0 aromatic carbocycles. The van der Waals surface area contributed by atoms with Gasteiger partial charge in [-0.1, -0.05) is 6.07 Å². The molecule has 0 N–H and O–H groups in total. The lowest BCUT2D eigenvalue weighted by Gasteiger charge is -2.26. The Hall–Kier alpha value is -2.08. The monoisotopic (exact) mass is 318 g/mol. The fraction of sp³-hybridized carbons (Fsp3) is 0.375. The summed E-state index contributed by atoms with van der Waals surface area (Å²) in [4.78, 5) is 29.2. The number of furan rings is 1. The van der Waals surface area contributed by atoms with Crippen LogP contribution >= 0.6 is 11.3 Å². The third kappa shape index (κ3) is 2.66. The minimum absolute atomic E-state index is 0.0168. The lowest BCUT2D eigenvalue weighted by Crippen LogP contribution is -2.35. The van der Waals surface area contributed by atoms with Gasteiger partial charge in [0.15, 0.2) is 0 Å². The standard InChI is InChI=1S/C16H18N2O3S/c1-17(10-11-5-3-7-21-11)16(20)12-9-14(19)18(2)15(12)13-6-4-8-22-13/h3-8,12,15H,9-10H2,1-2H3/t12-,15-/m0/s1. The highest BCUT2D eigenvalue weighted by Gasteiger charge is 2.44. The molecule has 2 aromatic heterocycles. The first-order valence-corrected chi connectivity index (χ1v) is 8.02. The highest BCUT2D eigenvalue weighted by atomic mass is 32.1. The number of hydrogen-bond donors (Lipinski definition) is 0. The fourth-order valence-corrected chi connectivity index (χ4v) is 3.87. The summed E-state index contributed by atoms with van der Waals surface area (Å²) < 4.78 is 5.29. The smallest absolute Gasteiger partial charge is 0.228 e. The van der Waals surface area contributed by atoms with E-state index in [4.69, 9.17) is 4.42 Å². The van der Waals surface area contributed by atoms with E-state index in [9.17, 15) is 9.59 Å². The first-order valence-electron chi connectivity index (χ1n) is 7.14. The van der Waals surface area contributed by atoms with Crippen LogP contribution in [-0.2, 0) is 16.1 Å². The second kappa shape index (κ2) is 5.96. The fourth-order valence-electron chi connectivity index (χ4n) is 2.94. The summed E-state index contributed by atoms with van der Waals surface area (Å²) in [7, 11) is 3.52. The second-order valence-electron chi connectivity index (χ2n) is 5.55. The predicted octanol–water partition coefficient (Wildman–Crippen LogP) is 2.52. The molecule has 0 saturated carbocycles. The number of hydrogen-bond acceptors (Lipinski definition) is 4. The molecule has 1 aliphatic heterocycles. The summed E-state index contributed by atoms with van der Waals surface area (Å²) in [6, 6.07) is 7.41. The van der Waals surface area contributed by atoms with Gasteiger partial charge in [-0.3, -0.25) is 9.59 Å². The molecule has 5 nitrogen and oxygen atoms in total. The molecule has 2 atom stereocenters. The zero-order chi connectivity index (χ0) is 15.7. The Morgan fingerprint density at radius 1 is 1.45 bits per heavy atom. The van der Waals surface area contributed by atoms with Crippen molar-refractivity contribution in [2.24, 2.45) is 5.92 Å². The predicted molar refractivity (Wildman–Crippen MR) is 83.1 cm³/mol. The number of thiophene rings is 1. The van der Waals surface area contributed by atoms with E-state index in [1.54, 1.807) is 47.6 Å². The van der Waals surface area contributed by atoms with Gasteiger partial charge in [0.25, 0.3) is 0 Å². The molecule has 116 valence electrons. The zero-order valence-electron chi connectivity index (χ0n) is 12.6. The minimum Gasteiger partial charge on any atom is -0.467 e. The molecule has 2 amide bonds. The third-order valence-electron chi connectivity index (χ3n) is 4.09. The Kier molecular flexibility index (Phi) is 4.02. The van der Waals surface area contributed by atoms with Gasteiger partial charge in [-0.25, -0.2) is 0 Å². The van der Waals surface area contributed by atoms with Gasteiger partial charge in [0, 0.05) is 25.4 Å². The molecule has 22 heavy (non-hydrogen) atoms. The van der Waals surface area contributed by atoms with Gasteiger partial charge in [-0.15, -0.1) is 11.3 Å². The minimum atomic E-state index is -0.337. The highest BCUT2D eigenvalue weighted by molar-refractivity contribution is 7.10. The Morgan fingerprint density at radius 3 is 2.91 bits per heavy atom. The molecule has 0 bridgehead atoms. The van der Waals surface area contributed by atoms with Crippen LogP contribution in [0.5, 0.6) is 0 Å². The first-order chi connectivity index (χ1) is 10.6. The summed E-state index contributed by atoms with van der Waals surface area (Å²) in [5.74, 6) is 0.396. The number of carbonyl (C=O) groups excluding carboxylic acids is 2. The molecule has 1 aliphatic rings. The summed E-state index contributed by atoms with van der Waals surface area (Å²) in [6.45, 7) is 0.414. The topological polar surface area (TPSA) is 53.8 Å². The van der Waals surface area contributed by atoms with Crippen LogP contribution in [0, 0.1) is 5.92 Å². The second-order valence-corrected chi connectivity index (χ2v) is 6.53. The van der Waals surface area contributed by atoms with Gasteiger partial charge < -0.3 is 14.2 Å². The van der Waals surface area contributed by atoms with Gasteiger partial charge in [0.2, 0.25) is 11.8 Å². The van der Waals surface area contributed by atoms with E-state index in [0.29, 0.717) is 6.54 Å². The molecular weight excluding hydrogens is 300 g/mol. The summed E-state index contributed by atoms with van der Waals surface area (Å²) in [5.41, 5.74) is 0. The number of amides is 2. The molecule has 3 heterocycles. The van der Waals surface area contributed by atoms with Crippen molar-refractivity contribution in [2.45, 2.75) is 19.0 Å². The summed E-state index contributed by atoms with van der Waals surface area (Å²) in [5, 5.41) is 1.97. The van der Waals surface area contributed by atoms with E-state index in [1.807, 2.05) is 23.6 Å². The van der Waals surface area contributed by atoms with Crippen LogP contribution in [0.3, 0.4) is 0 Å². The zero-order valence-corrected chi connectivity index (χ0v) is 13.4. The molecule has 0 unspecified atom stereocenters. The number of carbonyl (C=O) groups is 2. The quantitative estimate of drug-likeness (QED) is 0.870. The number of likely N-dealkylation sites (tertiary alicyclic amines) is 1. The Labute approximate surface area is 133 Å². The highest BCUT2D eigenvalue weighted by Crippen LogP contribution is 2.39. The lowest BCUT2D eigenvalue weighted by molar-refractivity contribution is -0.136. The van der Waals surface area contributed by atoms with Crippen molar-refractivity contribution in [2.75, 3.05) is 14.1 Å². The summed E-state index contributed by atoms with van der Waals surface area (Å²) >= 11 is 1.58. The molecule has 1 fully saturated rings. The molecule has 0 aliphatic carbocycles. The SMILES string of the molecule is CN(Cc1ccco1)C(=O)[C@H]1CC(=O)N(C)[C@@H]1c1cccs1. The van der Waals surface area contributed by atoms with Crippen molar-refractivity contribution in [3.8, 4) is 0 Å². The van der Waals surface area contributed by atoms with E-state index in [-0.39, 0.29) is 30.2 Å². The average Bonchev–Trinajstić information content (AvgIpc) is 3.21. The molecular formula is C16H18N2O3S. The van der Waals surface area contributed by atoms with Crippen LogP contribution in [0.15, 0.2) is 40.3 Å². The van der Waals surface area contributed by atoms with E-state index in [2.05, 4.69) is 0 Å². The molecule has 2 aromatic rings. The van der Waals surface area contributed by atoms with Gasteiger partial charge in [-0.2, -0.15) is 0 Å². The van der Waals surface area contributed by atoms with Crippen molar-refractivity contribution >= 4 is 23.2 Å². The average molecular weight is 318 g/mol. The van der Waals surface area contributed by atoms with Crippen LogP contribution in [0.25, 0.3) is 0 Å². The summed E-state index contributed by atoms with van der Waals surface area (Å²) in [6.07, 6.45) is 1.86. The van der Waals surface area contributed by atoms with E-state index >= 15 is 0 Å². The third-order valence-corrected chi connectivity index (χ3v) is 5.03. The maximum atomic E-state index is 12.8. The maximum Gasteiger partial charge on any atom is 0.228 e. The Balaban J connectivity index is 1.79. The van der Waals surface area contributed by atoms with Crippen molar-refractivity contribution < 1.29 is 14.0 Å². The molecule has 6 heteroatoms. The lowest BCUT2D eigenvalue weighted by atomic mass is 9.97. The van der Waals surface area contributed by atoms with E-state index < -0.39 is 0 Å². The van der Waals surface area contributed by atoms with Crippen LogP contribution in [0.4, 0.5) is 0 Å². The van der Waals surface area contributed by atoms with Crippen molar-refractivity contribution in [3.05, 3.63) is 46.5 Å². The van der Waals surface area contributed by atoms with E-state index in [0.717, 1.165) is 10.6 Å². The largest absolute Gasteiger partial charge is 0.467 e. The van der Waals surface area contributed by atoms with Crippen molar-refractivity contribution in [3.63, 3.8) is 0 Å². The maximum absolute atomic E-state index is 12.8.